The van der Waals surface area contributed by atoms with Crippen LogP contribution < -0.4 is 5.32 Å². The summed E-state index contributed by atoms with van der Waals surface area (Å²) >= 11 is 3.11. The van der Waals surface area contributed by atoms with E-state index >= 15 is 0 Å². The molecule has 0 unspecified atom stereocenters. The Morgan fingerprint density at radius 2 is 2.08 bits per heavy atom. The molecule has 0 saturated heterocycles. The largest absolute Gasteiger partial charge is 0.465 e. The molecule has 26 heavy (non-hydrogen) atoms. The second-order valence-corrected chi connectivity index (χ2v) is 7.46. The number of thiazole rings is 1. The standard InChI is InChI=1S/C19H18N2O3S2/c1-24-19(23)14-5-2-4-13(10-14)7-8-20-17(22)11-16-18(21-12-26-16)15-6-3-9-25-15/h2-6,9-10,12H,7-8,11H2,1H3,(H,20,22). The molecule has 0 radical (unpaired) electrons. The Labute approximate surface area is 159 Å². The summed E-state index contributed by atoms with van der Waals surface area (Å²) < 4.78 is 4.72. The van der Waals surface area contributed by atoms with Gasteiger partial charge < -0.3 is 10.1 Å². The van der Waals surface area contributed by atoms with Gasteiger partial charge in [0.05, 0.1) is 35.2 Å². The smallest absolute Gasteiger partial charge is 0.337 e. The van der Waals surface area contributed by atoms with Crippen LogP contribution in [0.15, 0.2) is 47.3 Å². The Hall–Kier alpha value is -2.51. The second-order valence-electron chi connectivity index (χ2n) is 5.57. The lowest BCUT2D eigenvalue weighted by Gasteiger charge is -2.07. The number of benzene rings is 1. The number of hydrogen-bond acceptors (Lipinski definition) is 6. The molecule has 1 amide bonds. The molecule has 134 valence electrons. The number of esters is 1. The Balaban J connectivity index is 1.53. The van der Waals surface area contributed by atoms with Crippen molar-refractivity contribution >= 4 is 34.6 Å². The van der Waals surface area contributed by atoms with Crippen LogP contribution in [0.4, 0.5) is 0 Å². The summed E-state index contributed by atoms with van der Waals surface area (Å²) in [6, 6.07) is 11.2. The maximum atomic E-state index is 12.2. The molecule has 5 nitrogen and oxygen atoms in total. The van der Waals surface area contributed by atoms with E-state index in [4.69, 9.17) is 4.74 Å². The normalized spacial score (nSPS) is 10.5. The lowest BCUT2D eigenvalue weighted by Crippen LogP contribution is -2.27. The van der Waals surface area contributed by atoms with E-state index in [-0.39, 0.29) is 11.9 Å². The summed E-state index contributed by atoms with van der Waals surface area (Å²) in [6.45, 7) is 0.511. The topological polar surface area (TPSA) is 68.3 Å². The second kappa shape index (κ2) is 8.73. The number of thiophene rings is 1. The SMILES string of the molecule is COC(=O)c1cccc(CCNC(=O)Cc2scnc2-c2cccs2)c1. The maximum Gasteiger partial charge on any atom is 0.337 e. The highest BCUT2D eigenvalue weighted by atomic mass is 32.1. The highest BCUT2D eigenvalue weighted by molar-refractivity contribution is 7.14. The highest BCUT2D eigenvalue weighted by Crippen LogP contribution is 2.29. The van der Waals surface area contributed by atoms with Crippen LogP contribution in [-0.4, -0.2) is 30.5 Å². The van der Waals surface area contributed by atoms with Crippen LogP contribution in [0.25, 0.3) is 10.6 Å². The van der Waals surface area contributed by atoms with Crippen molar-refractivity contribution in [3.63, 3.8) is 0 Å². The van der Waals surface area contributed by atoms with Gasteiger partial charge in [0.25, 0.3) is 0 Å². The van der Waals surface area contributed by atoms with E-state index in [1.54, 1.807) is 29.0 Å². The Bertz CT molecular complexity index is 888. The predicted molar refractivity (Wildman–Crippen MR) is 104 cm³/mol. The third-order valence-electron chi connectivity index (χ3n) is 3.80. The molecular formula is C19H18N2O3S2. The molecule has 2 heterocycles. The van der Waals surface area contributed by atoms with E-state index in [1.807, 2.05) is 29.6 Å². The first kappa shape index (κ1) is 18.3. The first-order valence-corrected chi connectivity index (χ1v) is 9.83. The fourth-order valence-corrected chi connectivity index (χ4v) is 4.12. The molecule has 7 heteroatoms. The van der Waals surface area contributed by atoms with E-state index in [0.29, 0.717) is 24.9 Å². The van der Waals surface area contributed by atoms with Crippen molar-refractivity contribution in [1.29, 1.82) is 0 Å². The molecule has 3 aromatic rings. The van der Waals surface area contributed by atoms with Crippen LogP contribution in [0.3, 0.4) is 0 Å². The molecule has 0 aliphatic heterocycles. The van der Waals surface area contributed by atoms with Crippen LogP contribution >= 0.6 is 22.7 Å². The molecular weight excluding hydrogens is 368 g/mol. The van der Waals surface area contributed by atoms with Crippen molar-refractivity contribution < 1.29 is 14.3 Å². The summed E-state index contributed by atoms with van der Waals surface area (Å²) in [5, 5.41) is 4.93. The first-order valence-electron chi connectivity index (χ1n) is 8.07. The molecule has 1 N–H and O–H groups in total. The number of carbonyl (C=O) groups excluding carboxylic acids is 2. The number of carbonyl (C=O) groups is 2. The Morgan fingerprint density at radius 3 is 2.85 bits per heavy atom. The molecule has 0 atom stereocenters. The summed E-state index contributed by atoms with van der Waals surface area (Å²) in [4.78, 5) is 30.2. The fraction of sp³-hybridized carbons (Fsp3) is 0.211. The average Bonchev–Trinajstić information content (AvgIpc) is 3.32. The number of methoxy groups -OCH3 is 1. The predicted octanol–water partition coefficient (Wildman–Crippen LogP) is 3.56. The lowest BCUT2D eigenvalue weighted by molar-refractivity contribution is -0.120. The van der Waals surface area contributed by atoms with Crippen molar-refractivity contribution in [3.8, 4) is 10.6 Å². The summed E-state index contributed by atoms with van der Waals surface area (Å²) in [5.74, 6) is -0.390. The molecule has 0 aliphatic rings. The van der Waals surface area contributed by atoms with Gasteiger partial charge in [-0.15, -0.1) is 22.7 Å². The molecule has 1 aromatic carbocycles. The molecule has 3 rings (SSSR count). The van der Waals surface area contributed by atoms with E-state index in [1.165, 1.54) is 18.4 Å². The summed E-state index contributed by atoms with van der Waals surface area (Å²) in [7, 11) is 1.36. The minimum atomic E-state index is -0.359. The first-order chi connectivity index (χ1) is 12.7. The molecule has 0 saturated carbocycles. The van der Waals surface area contributed by atoms with Gasteiger partial charge in [-0.1, -0.05) is 18.2 Å². The van der Waals surface area contributed by atoms with Crippen LogP contribution in [-0.2, 0) is 22.4 Å². The van der Waals surface area contributed by atoms with Gasteiger partial charge >= 0.3 is 5.97 Å². The van der Waals surface area contributed by atoms with Crippen molar-refractivity contribution in [2.45, 2.75) is 12.8 Å². The van der Waals surface area contributed by atoms with Gasteiger partial charge in [-0.2, -0.15) is 0 Å². The van der Waals surface area contributed by atoms with E-state index in [9.17, 15) is 9.59 Å². The molecule has 0 aliphatic carbocycles. The Kier molecular flexibility index (Phi) is 6.14. The van der Waals surface area contributed by atoms with Gasteiger partial charge in [0, 0.05) is 11.4 Å². The number of nitrogens with zero attached hydrogens (tertiary/aromatic N) is 1. The van der Waals surface area contributed by atoms with Crippen molar-refractivity contribution in [2.75, 3.05) is 13.7 Å². The highest BCUT2D eigenvalue weighted by Gasteiger charge is 2.13. The molecule has 2 aromatic heterocycles. The van der Waals surface area contributed by atoms with Gasteiger partial charge in [-0.25, -0.2) is 9.78 Å². The van der Waals surface area contributed by atoms with Gasteiger partial charge in [0.1, 0.15) is 0 Å². The van der Waals surface area contributed by atoms with E-state index in [0.717, 1.165) is 21.0 Å². The monoisotopic (exact) mass is 386 g/mol. The minimum Gasteiger partial charge on any atom is -0.465 e. The minimum absolute atomic E-state index is 0.0313. The zero-order valence-corrected chi connectivity index (χ0v) is 15.9. The molecule has 0 bridgehead atoms. The third kappa shape index (κ3) is 4.56. The van der Waals surface area contributed by atoms with Crippen LogP contribution in [0.1, 0.15) is 20.8 Å². The van der Waals surface area contributed by atoms with E-state index < -0.39 is 0 Å². The zero-order chi connectivity index (χ0) is 18.4. The van der Waals surface area contributed by atoms with Crippen LogP contribution in [0.5, 0.6) is 0 Å². The fourth-order valence-electron chi connectivity index (χ4n) is 2.54. The van der Waals surface area contributed by atoms with Gasteiger partial charge in [-0.05, 0) is 35.6 Å². The number of rotatable bonds is 7. The summed E-state index contributed by atoms with van der Waals surface area (Å²) in [6.07, 6.45) is 0.969. The Morgan fingerprint density at radius 1 is 1.19 bits per heavy atom. The van der Waals surface area contributed by atoms with E-state index in [2.05, 4.69) is 10.3 Å². The van der Waals surface area contributed by atoms with Crippen LogP contribution in [0.2, 0.25) is 0 Å². The van der Waals surface area contributed by atoms with Crippen molar-refractivity contribution in [1.82, 2.24) is 10.3 Å². The van der Waals surface area contributed by atoms with Gasteiger partial charge in [0.15, 0.2) is 0 Å². The number of aromatic nitrogens is 1. The number of amides is 1. The van der Waals surface area contributed by atoms with Crippen molar-refractivity contribution in [2.24, 2.45) is 0 Å². The van der Waals surface area contributed by atoms with Gasteiger partial charge in [0.2, 0.25) is 5.91 Å². The van der Waals surface area contributed by atoms with Crippen LogP contribution in [0, 0.1) is 0 Å². The maximum absolute atomic E-state index is 12.2. The number of nitrogens with one attached hydrogen (secondary N) is 1. The van der Waals surface area contributed by atoms with Gasteiger partial charge in [-0.3, -0.25) is 4.79 Å². The average molecular weight is 386 g/mol. The van der Waals surface area contributed by atoms with Crippen molar-refractivity contribution in [3.05, 3.63) is 63.3 Å². The third-order valence-corrected chi connectivity index (χ3v) is 5.51. The number of hydrogen-bond donors (Lipinski definition) is 1. The lowest BCUT2D eigenvalue weighted by atomic mass is 10.1. The number of ether oxygens (including phenoxy) is 1. The zero-order valence-electron chi connectivity index (χ0n) is 14.2. The summed E-state index contributed by atoms with van der Waals surface area (Å²) in [5.41, 5.74) is 4.16. The molecule has 0 spiro atoms. The quantitative estimate of drug-likeness (QED) is 0.631. The molecule has 0 fully saturated rings.